The Morgan fingerprint density at radius 2 is 1.68 bits per heavy atom. The fraction of sp³-hybridized carbons (Fsp3) is 0.536. The number of pyridine rings is 1. The number of anilines is 1. The lowest BCUT2D eigenvalue weighted by molar-refractivity contribution is -0.939. The Balaban J connectivity index is 1.30. The minimum absolute atomic E-state index is 0.0198. The van der Waals surface area contributed by atoms with Crippen molar-refractivity contribution < 1.29 is 18.8 Å². The lowest BCUT2D eigenvalue weighted by Gasteiger charge is -2.52. The molecule has 0 spiro atoms. The maximum atomic E-state index is 13.9. The van der Waals surface area contributed by atoms with Gasteiger partial charge in [0, 0.05) is 25.0 Å². The van der Waals surface area contributed by atoms with Crippen LogP contribution in [0.2, 0.25) is 0 Å². The van der Waals surface area contributed by atoms with Gasteiger partial charge in [-0.15, -0.1) is 0 Å². The molecule has 4 aliphatic rings. The number of aromatic nitrogens is 1. The molecule has 6 rings (SSSR count). The van der Waals surface area contributed by atoms with Gasteiger partial charge in [0.05, 0.1) is 18.5 Å². The van der Waals surface area contributed by atoms with Crippen molar-refractivity contribution in [2.75, 3.05) is 31.5 Å². The van der Waals surface area contributed by atoms with Crippen LogP contribution in [0.3, 0.4) is 0 Å². The number of piperidine rings is 3. The van der Waals surface area contributed by atoms with Gasteiger partial charge in [-0.25, -0.2) is 4.98 Å². The molecule has 34 heavy (non-hydrogen) atoms. The minimum atomic E-state index is -0.537. The summed E-state index contributed by atoms with van der Waals surface area (Å²) >= 11 is 0. The summed E-state index contributed by atoms with van der Waals surface area (Å²) in [4.78, 5) is 30.9. The van der Waals surface area contributed by atoms with Crippen LogP contribution < -0.4 is 5.32 Å². The molecular formula is C28H36N3O3+. The number of quaternary nitrogens is 1. The number of ether oxygens (including phenoxy) is 1. The topological polar surface area (TPSA) is 68.3 Å². The predicted octanol–water partition coefficient (Wildman–Crippen LogP) is 4.46. The van der Waals surface area contributed by atoms with Gasteiger partial charge in [0.1, 0.15) is 12.4 Å². The van der Waals surface area contributed by atoms with Crippen molar-refractivity contribution >= 4 is 17.7 Å². The number of fused-ring (bicyclic) bond motifs is 3. The first-order chi connectivity index (χ1) is 16.6. The number of nitrogens with zero attached hydrogens (tertiary/aromatic N) is 2. The van der Waals surface area contributed by atoms with Gasteiger partial charge in [0.2, 0.25) is 0 Å². The maximum absolute atomic E-state index is 13.9. The number of benzene rings is 1. The van der Waals surface area contributed by atoms with E-state index in [0.29, 0.717) is 22.8 Å². The van der Waals surface area contributed by atoms with Crippen molar-refractivity contribution in [3.05, 3.63) is 60.3 Å². The lowest BCUT2D eigenvalue weighted by Crippen LogP contribution is -2.66. The van der Waals surface area contributed by atoms with Crippen LogP contribution in [0.4, 0.5) is 5.82 Å². The Bertz CT molecular complexity index is 978. The van der Waals surface area contributed by atoms with E-state index in [1.54, 1.807) is 12.3 Å². The summed E-state index contributed by atoms with van der Waals surface area (Å²) in [6, 6.07) is 15.8. The Morgan fingerprint density at radius 1 is 0.971 bits per heavy atom. The molecule has 2 bridgehead atoms. The van der Waals surface area contributed by atoms with E-state index < -0.39 is 5.41 Å². The van der Waals surface area contributed by atoms with Crippen LogP contribution >= 0.6 is 0 Å². The summed E-state index contributed by atoms with van der Waals surface area (Å²) < 4.78 is 7.10. The van der Waals surface area contributed by atoms with Crippen LogP contribution in [0.15, 0.2) is 54.7 Å². The number of hydrogen-bond donors (Lipinski definition) is 1. The zero-order valence-electron chi connectivity index (χ0n) is 20.0. The van der Waals surface area contributed by atoms with Gasteiger partial charge in [0.15, 0.2) is 12.6 Å². The minimum Gasteiger partial charge on any atom is -0.455 e. The van der Waals surface area contributed by atoms with Crippen LogP contribution in [0.25, 0.3) is 0 Å². The van der Waals surface area contributed by atoms with Crippen LogP contribution in [0.1, 0.15) is 56.9 Å². The van der Waals surface area contributed by atoms with E-state index in [-0.39, 0.29) is 18.0 Å². The molecule has 1 aromatic carbocycles. The highest BCUT2D eigenvalue weighted by Crippen LogP contribution is 2.42. The summed E-state index contributed by atoms with van der Waals surface area (Å²) in [6.07, 6.45) is 9.79. The second kappa shape index (κ2) is 9.87. The van der Waals surface area contributed by atoms with Gasteiger partial charge in [-0.1, -0.05) is 62.1 Å². The molecule has 2 aromatic rings. The Kier molecular flexibility index (Phi) is 6.68. The van der Waals surface area contributed by atoms with Crippen molar-refractivity contribution in [3.63, 3.8) is 0 Å². The van der Waals surface area contributed by atoms with Gasteiger partial charge < -0.3 is 14.5 Å². The van der Waals surface area contributed by atoms with Crippen molar-refractivity contribution in [1.82, 2.24) is 4.98 Å². The number of rotatable bonds is 6. The van der Waals surface area contributed by atoms with Crippen LogP contribution in [0, 0.1) is 5.92 Å². The molecule has 1 unspecified atom stereocenters. The first kappa shape index (κ1) is 23.0. The number of hydrogen-bond acceptors (Lipinski definition) is 4. The molecule has 1 amide bonds. The average molecular weight is 463 g/mol. The fourth-order valence-corrected chi connectivity index (χ4v) is 6.45. The molecule has 3 aliphatic heterocycles. The molecule has 1 aromatic heterocycles. The zero-order chi connectivity index (χ0) is 23.4. The molecular weight excluding hydrogens is 426 g/mol. The second-order valence-electron chi connectivity index (χ2n) is 10.5. The number of carbonyl (C=O) groups excluding carboxylic acids is 2. The smallest absolute Gasteiger partial charge is 0.317 e. The van der Waals surface area contributed by atoms with E-state index in [4.69, 9.17) is 4.74 Å². The highest BCUT2D eigenvalue weighted by Gasteiger charge is 2.51. The standard InChI is InChI=1S/C28H35N3O3/c32-26(30-25-12-6-9-17-29-25)21-31-18-13-22(14-19-31)24(20-31)34-27(33)28(15-7-1-2-8-16-28)23-10-4-3-5-11-23/h3-6,9-12,17,22,24H,1-2,7-8,13-16,18-21H2/p+1. The van der Waals surface area contributed by atoms with Gasteiger partial charge in [-0.2, -0.15) is 0 Å². The number of carbonyl (C=O) groups is 2. The largest absolute Gasteiger partial charge is 0.455 e. The number of amides is 1. The van der Waals surface area contributed by atoms with E-state index in [0.717, 1.165) is 63.7 Å². The van der Waals surface area contributed by atoms with Gasteiger partial charge in [0.25, 0.3) is 5.91 Å². The number of nitrogens with one attached hydrogen (secondary N) is 1. The molecule has 0 radical (unpaired) electrons. The molecule has 4 fully saturated rings. The second-order valence-corrected chi connectivity index (χ2v) is 10.5. The Morgan fingerprint density at radius 3 is 2.35 bits per heavy atom. The molecule has 6 nitrogen and oxygen atoms in total. The molecule has 180 valence electrons. The van der Waals surface area contributed by atoms with Crippen molar-refractivity contribution in [2.45, 2.75) is 62.9 Å². The third-order valence-corrected chi connectivity index (χ3v) is 8.39. The summed E-state index contributed by atoms with van der Waals surface area (Å²) in [5, 5.41) is 2.93. The Labute approximate surface area is 202 Å². The normalized spacial score (nSPS) is 28.0. The summed E-state index contributed by atoms with van der Waals surface area (Å²) in [5.41, 5.74) is 0.562. The molecule has 1 atom stereocenters. The summed E-state index contributed by atoms with van der Waals surface area (Å²) in [6.45, 7) is 3.08. The molecule has 1 N–H and O–H groups in total. The lowest BCUT2D eigenvalue weighted by atomic mass is 9.74. The van der Waals surface area contributed by atoms with E-state index in [1.807, 2.05) is 30.3 Å². The molecule has 1 aliphatic carbocycles. The first-order valence-corrected chi connectivity index (χ1v) is 12.9. The zero-order valence-corrected chi connectivity index (χ0v) is 20.0. The van der Waals surface area contributed by atoms with E-state index >= 15 is 0 Å². The van der Waals surface area contributed by atoms with Crippen LogP contribution in [-0.4, -0.2) is 53.6 Å². The monoisotopic (exact) mass is 462 g/mol. The third kappa shape index (κ3) is 4.74. The Hall–Kier alpha value is -2.73. The maximum Gasteiger partial charge on any atom is 0.317 e. The summed E-state index contributed by atoms with van der Waals surface area (Å²) in [7, 11) is 0. The van der Waals surface area contributed by atoms with E-state index in [2.05, 4.69) is 22.4 Å². The van der Waals surface area contributed by atoms with Gasteiger partial charge in [-0.05, 0) is 30.5 Å². The first-order valence-electron chi connectivity index (χ1n) is 12.9. The van der Waals surface area contributed by atoms with Crippen molar-refractivity contribution in [1.29, 1.82) is 0 Å². The summed E-state index contributed by atoms with van der Waals surface area (Å²) in [5.74, 6) is 0.921. The quantitative estimate of drug-likeness (QED) is 0.391. The molecule has 4 heterocycles. The number of esters is 1. The average Bonchev–Trinajstić information content (AvgIpc) is 3.13. The van der Waals surface area contributed by atoms with Crippen LogP contribution in [-0.2, 0) is 19.7 Å². The van der Waals surface area contributed by atoms with Crippen LogP contribution in [0.5, 0.6) is 0 Å². The third-order valence-electron chi connectivity index (χ3n) is 8.39. The SMILES string of the molecule is O=C(C[N+]12CCC(CC1)C(OC(=O)C1(c3ccccc3)CCCCCC1)C2)Nc1ccccn1. The molecule has 3 saturated heterocycles. The molecule has 1 saturated carbocycles. The highest BCUT2D eigenvalue weighted by molar-refractivity contribution is 5.90. The van der Waals surface area contributed by atoms with Gasteiger partial charge in [-0.3, -0.25) is 9.59 Å². The predicted molar refractivity (Wildman–Crippen MR) is 131 cm³/mol. The fourth-order valence-electron chi connectivity index (χ4n) is 6.45. The van der Waals surface area contributed by atoms with Gasteiger partial charge >= 0.3 is 5.97 Å². The highest BCUT2D eigenvalue weighted by atomic mass is 16.5. The van der Waals surface area contributed by atoms with Crippen molar-refractivity contribution in [3.8, 4) is 0 Å². The molecule has 6 heteroatoms. The van der Waals surface area contributed by atoms with E-state index in [1.165, 1.54) is 12.8 Å². The van der Waals surface area contributed by atoms with Crippen molar-refractivity contribution in [2.24, 2.45) is 5.92 Å². The van der Waals surface area contributed by atoms with E-state index in [9.17, 15) is 9.59 Å².